The van der Waals surface area contributed by atoms with Crippen molar-refractivity contribution in [2.45, 2.75) is 20.4 Å². The zero-order valence-electron chi connectivity index (χ0n) is 17.9. The van der Waals surface area contributed by atoms with Crippen molar-refractivity contribution in [3.05, 3.63) is 98.7 Å². The molecule has 9 heteroatoms. The lowest BCUT2D eigenvalue weighted by Gasteiger charge is -2.12. The summed E-state index contributed by atoms with van der Waals surface area (Å²) in [6.45, 7) is 4.35. The molecule has 3 heterocycles. The Balaban J connectivity index is 1.63. The highest BCUT2D eigenvalue weighted by Gasteiger charge is 2.20. The molecule has 0 aliphatic carbocycles. The molecule has 0 atom stereocenters. The molecule has 1 amide bonds. The summed E-state index contributed by atoms with van der Waals surface area (Å²) in [5.74, 6) is -0.391. The highest BCUT2D eigenvalue weighted by Crippen LogP contribution is 2.18. The lowest BCUT2D eigenvalue weighted by molar-refractivity contribution is 0.101. The molecule has 0 radical (unpaired) electrons. The van der Waals surface area contributed by atoms with Gasteiger partial charge < -0.3 is 5.32 Å². The van der Waals surface area contributed by atoms with Crippen molar-refractivity contribution in [3.8, 4) is 0 Å². The van der Waals surface area contributed by atoms with Crippen LogP contribution in [0.4, 0.5) is 5.82 Å². The highest BCUT2D eigenvalue weighted by atomic mass is 35.5. The van der Waals surface area contributed by atoms with Crippen molar-refractivity contribution in [3.63, 3.8) is 0 Å². The highest BCUT2D eigenvalue weighted by molar-refractivity contribution is 6.30. The van der Waals surface area contributed by atoms with Crippen molar-refractivity contribution in [2.75, 3.05) is 5.32 Å². The standard InChI is InChI=1S/C24H19ClN6O2/c1-14-3-6-16(7-4-14)13-30-19-11-15(2)5-9-18(19)31-22(24(30)33)28-21(29-31)23(32)27-20-10-8-17(25)12-26-20/h3-12H,13H2,1-2H3,(H,26,27,32). The molecule has 164 valence electrons. The number of anilines is 1. The molecule has 0 spiro atoms. The third-order valence-electron chi connectivity index (χ3n) is 5.33. The van der Waals surface area contributed by atoms with Crippen LogP contribution in [0.1, 0.15) is 27.3 Å². The van der Waals surface area contributed by atoms with E-state index < -0.39 is 5.91 Å². The van der Waals surface area contributed by atoms with Crippen LogP contribution in [-0.4, -0.2) is 30.1 Å². The number of benzene rings is 2. The fourth-order valence-corrected chi connectivity index (χ4v) is 3.74. The van der Waals surface area contributed by atoms with Gasteiger partial charge in [-0.3, -0.25) is 14.2 Å². The third kappa shape index (κ3) is 3.96. The number of carbonyl (C=O) groups is 1. The molecule has 0 fully saturated rings. The van der Waals surface area contributed by atoms with E-state index in [4.69, 9.17) is 11.6 Å². The van der Waals surface area contributed by atoms with Gasteiger partial charge in [0.1, 0.15) is 5.82 Å². The fraction of sp³-hybridized carbons (Fsp3) is 0.125. The van der Waals surface area contributed by atoms with Gasteiger partial charge in [-0.15, -0.1) is 5.10 Å². The van der Waals surface area contributed by atoms with Crippen LogP contribution < -0.4 is 10.9 Å². The number of hydrogen-bond acceptors (Lipinski definition) is 5. The monoisotopic (exact) mass is 458 g/mol. The molecule has 0 saturated heterocycles. The first-order valence-corrected chi connectivity index (χ1v) is 10.7. The Morgan fingerprint density at radius 3 is 2.48 bits per heavy atom. The van der Waals surface area contributed by atoms with Crippen molar-refractivity contribution in [1.29, 1.82) is 0 Å². The Bertz CT molecular complexity index is 1570. The maximum atomic E-state index is 13.4. The fourth-order valence-electron chi connectivity index (χ4n) is 3.63. The second-order valence-corrected chi connectivity index (χ2v) is 8.29. The minimum atomic E-state index is -0.571. The van der Waals surface area contributed by atoms with Gasteiger partial charge in [-0.05, 0) is 49.2 Å². The van der Waals surface area contributed by atoms with Crippen LogP contribution in [0.15, 0.2) is 65.6 Å². The Morgan fingerprint density at radius 2 is 1.76 bits per heavy atom. The second kappa shape index (κ2) is 8.14. The Kier molecular flexibility index (Phi) is 5.14. The number of aryl methyl sites for hydroxylation is 2. The van der Waals surface area contributed by atoms with Crippen LogP contribution in [0.2, 0.25) is 5.02 Å². The van der Waals surface area contributed by atoms with E-state index in [1.165, 1.54) is 10.7 Å². The first-order valence-electron chi connectivity index (χ1n) is 10.3. The molecule has 0 saturated carbocycles. The molecular weight excluding hydrogens is 440 g/mol. The molecule has 0 bridgehead atoms. The quantitative estimate of drug-likeness (QED) is 0.439. The van der Waals surface area contributed by atoms with E-state index in [1.54, 1.807) is 16.7 Å². The molecule has 2 aromatic carbocycles. The van der Waals surface area contributed by atoms with Crippen molar-refractivity contribution >= 4 is 40.0 Å². The van der Waals surface area contributed by atoms with Crippen LogP contribution in [0.25, 0.3) is 16.7 Å². The number of amides is 1. The minimum Gasteiger partial charge on any atom is -0.304 e. The zero-order chi connectivity index (χ0) is 23.1. The van der Waals surface area contributed by atoms with Crippen LogP contribution in [0.3, 0.4) is 0 Å². The minimum absolute atomic E-state index is 0.0766. The van der Waals surface area contributed by atoms with E-state index in [0.717, 1.165) is 16.7 Å². The Morgan fingerprint density at radius 1 is 1.00 bits per heavy atom. The summed E-state index contributed by atoms with van der Waals surface area (Å²) in [7, 11) is 0. The van der Waals surface area contributed by atoms with Gasteiger partial charge in [-0.2, -0.15) is 4.98 Å². The van der Waals surface area contributed by atoms with Gasteiger partial charge in [0.05, 0.1) is 22.6 Å². The lowest BCUT2D eigenvalue weighted by atomic mass is 10.1. The largest absolute Gasteiger partial charge is 0.304 e. The maximum Gasteiger partial charge on any atom is 0.296 e. The van der Waals surface area contributed by atoms with Crippen LogP contribution in [0.5, 0.6) is 0 Å². The average molecular weight is 459 g/mol. The number of rotatable bonds is 4. The van der Waals surface area contributed by atoms with E-state index in [-0.39, 0.29) is 17.0 Å². The number of nitrogens with one attached hydrogen (secondary N) is 1. The van der Waals surface area contributed by atoms with Gasteiger partial charge in [-0.25, -0.2) is 9.50 Å². The third-order valence-corrected chi connectivity index (χ3v) is 5.55. The summed E-state index contributed by atoms with van der Waals surface area (Å²) in [4.78, 5) is 34.5. The van der Waals surface area contributed by atoms with E-state index >= 15 is 0 Å². The number of halogens is 1. The number of pyridine rings is 1. The van der Waals surface area contributed by atoms with Crippen LogP contribution in [-0.2, 0) is 6.54 Å². The molecule has 0 unspecified atom stereocenters. The van der Waals surface area contributed by atoms with Gasteiger partial charge in [0.15, 0.2) is 0 Å². The smallest absolute Gasteiger partial charge is 0.296 e. The molecule has 0 aliphatic heterocycles. The first kappa shape index (κ1) is 20.8. The van der Waals surface area contributed by atoms with Crippen molar-refractivity contribution in [1.82, 2.24) is 24.1 Å². The summed E-state index contributed by atoms with van der Waals surface area (Å²) in [5, 5.41) is 7.41. The Labute approximate surface area is 193 Å². The number of nitrogens with zero attached hydrogens (tertiary/aromatic N) is 5. The number of aromatic nitrogens is 5. The van der Waals surface area contributed by atoms with Crippen LogP contribution >= 0.6 is 11.6 Å². The molecule has 33 heavy (non-hydrogen) atoms. The van der Waals surface area contributed by atoms with Crippen molar-refractivity contribution < 1.29 is 4.79 Å². The van der Waals surface area contributed by atoms with Gasteiger partial charge in [-0.1, -0.05) is 47.5 Å². The van der Waals surface area contributed by atoms with E-state index in [0.29, 0.717) is 28.4 Å². The zero-order valence-corrected chi connectivity index (χ0v) is 18.7. The summed E-state index contributed by atoms with van der Waals surface area (Å²) in [5.41, 5.74) is 4.28. The van der Waals surface area contributed by atoms with Gasteiger partial charge >= 0.3 is 0 Å². The van der Waals surface area contributed by atoms with Gasteiger partial charge in [0.2, 0.25) is 11.5 Å². The summed E-state index contributed by atoms with van der Waals surface area (Å²) >= 11 is 5.84. The second-order valence-electron chi connectivity index (χ2n) is 7.86. The predicted molar refractivity (Wildman–Crippen MR) is 127 cm³/mol. The molecule has 0 aliphatic rings. The summed E-state index contributed by atoms with van der Waals surface area (Å²) in [6, 6.07) is 16.9. The predicted octanol–water partition coefficient (Wildman–Crippen LogP) is 4.01. The molecule has 1 N–H and O–H groups in total. The first-order chi connectivity index (χ1) is 15.9. The molecular formula is C24H19ClN6O2. The van der Waals surface area contributed by atoms with E-state index in [9.17, 15) is 9.59 Å². The number of fused-ring (bicyclic) bond motifs is 3. The van der Waals surface area contributed by atoms with E-state index in [1.807, 2.05) is 56.3 Å². The molecule has 5 rings (SSSR count). The summed E-state index contributed by atoms with van der Waals surface area (Å²) < 4.78 is 3.09. The topological polar surface area (TPSA) is 94.2 Å². The maximum absolute atomic E-state index is 13.4. The van der Waals surface area contributed by atoms with Gasteiger partial charge in [0, 0.05) is 6.20 Å². The SMILES string of the molecule is Cc1ccc(Cn2c(=O)c3nc(C(=O)Nc4ccc(Cl)cn4)nn3c3ccc(C)cc32)cc1. The Hall–Kier alpha value is -4.04. The lowest BCUT2D eigenvalue weighted by Crippen LogP contribution is -2.24. The van der Waals surface area contributed by atoms with Gasteiger partial charge in [0.25, 0.3) is 11.5 Å². The number of hydrogen-bond donors (Lipinski definition) is 1. The number of carbonyl (C=O) groups excluding carboxylic acids is 1. The molecule has 8 nitrogen and oxygen atoms in total. The molecule has 5 aromatic rings. The normalized spacial score (nSPS) is 11.2. The average Bonchev–Trinajstić information content (AvgIpc) is 3.25. The molecule has 3 aromatic heterocycles. The summed E-state index contributed by atoms with van der Waals surface area (Å²) in [6.07, 6.45) is 1.42. The van der Waals surface area contributed by atoms with Crippen molar-refractivity contribution in [2.24, 2.45) is 0 Å². The van der Waals surface area contributed by atoms with Crippen LogP contribution in [0, 0.1) is 13.8 Å². The van der Waals surface area contributed by atoms with E-state index in [2.05, 4.69) is 20.4 Å².